The first kappa shape index (κ1) is 16.7. The molecule has 0 bridgehead atoms. The van der Waals surface area contributed by atoms with Crippen LogP contribution in [0.3, 0.4) is 0 Å². The molecule has 22 heavy (non-hydrogen) atoms. The van der Waals surface area contributed by atoms with Gasteiger partial charge in [0.25, 0.3) is 5.91 Å². The van der Waals surface area contributed by atoms with Crippen LogP contribution in [0.1, 0.15) is 24.1 Å². The second kappa shape index (κ2) is 5.51. The molecule has 1 amide bonds. The largest absolute Gasteiger partial charge is 0.426 e. The first-order valence-corrected chi connectivity index (χ1v) is 6.49. The van der Waals surface area contributed by atoms with E-state index in [1.54, 1.807) is 0 Å². The van der Waals surface area contributed by atoms with Crippen molar-refractivity contribution in [1.29, 1.82) is 0 Å². The molecule has 1 aromatic carbocycles. The van der Waals surface area contributed by atoms with Gasteiger partial charge in [0.1, 0.15) is 5.82 Å². The van der Waals surface area contributed by atoms with Crippen molar-refractivity contribution in [2.24, 2.45) is 0 Å². The molecular weight excluding hydrogens is 306 g/mol. The topological polar surface area (TPSA) is 58.6 Å². The van der Waals surface area contributed by atoms with Crippen LogP contribution in [0.25, 0.3) is 0 Å². The van der Waals surface area contributed by atoms with Crippen LogP contribution in [0.2, 0.25) is 0 Å². The Labute approximate surface area is 124 Å². The summed E-state index contributed by atoms with van der Waals surface area (Å²) in [6.45, 7) is 0.593. The molecule has 0 radical (unpaired) electrons. The number of hydrogen-bond acceptors (Lipinski definition) is 3. The smallest absolute Gasteiger partial charge is 0.390 e. The zero-order valence-corrected chi connectivity index (χ0v) is 11.9. The van der Waals surface area contributed by atoms with E-state index in [2.05, 4.69) is 10.1 Å². The summed E-state index contributed by atoms with van der Waals surface area (Å²) in [6, 6.07) is 2.59. The van der Waals surface area contributed by atoms with Gasteiger partial charge in [-0.05, 0) is 30.2 Å². The van der Waals surface area contributed by atoms with Gasteiger partial charge in [-0.15, -0.1) is 0 Å². The van der Waals surface area contributed by atoms with Crippen molar-refractivity contribution >= 4 is 5.91 Å². The molecule has 1 aromatic rings. The van der Waals surface area contributed by atoms with E-state index >= 15 is 0 Å². The normalized spacial score (nSPS) is 23.8. The number of benzene rings is 1. The Morgan fingerprint density at radius 1 is 1.41 bits per heavy atom. The van der Waals surface area contributed by atoms with Crippen molar-refractivity contribution in [2.75, 3.05) is 7.11 Å². The Balaban J connectivity index is 2.28. The van der Waals surface area contributed by atoms with E-state index in [9.17, 15) is 27.5 Å². The van der Waals surface area contributed by atoms with Crippen LogP contribution in [0.15, 0.2) is 18.2 Å². The maximum atomic E-state index is 13.3. The summed E-state index contributed by atoms with van der Waals surface area (Å²) >= 11 is 0. The average Bonchev–Trinajstić information content (AvgIpc) is 2.72. The molecule has 0 aliphatic heterocycles. The van der Waals surface area contributed by atoms with E-state index in [1.165, 1.54) is 12.1 Å². The van der Waals surface area contributed by atoms with Crippen LogP contribution in [0, 0.1) is 5.82 Å². The molecular formula is C14H15F4NO3. The fourth-order valence-corrected chi connectivity index (χ4v) is 2.38. The van der Waals surface area contributed by atoms with Crippen molar-refractivity contribution < 1.29 is 32.2 Å². The maximum Gasteiger partial charge on any atom is 0.426 e. The second-order valence-corrected chi connectivity index (χ2v) is 5.30. The van der Waals surface area contributed by atoms with Crippen LogP contribution in [0.5, 0.6) is 0 Å². The summed E-state index contributed by atoms with van der Waals surface area (Å²) in [5, 5.41) is 12.0. The number of halogens is 4. The monoisotopic (exact) mass is 321 g/mol. The Morgan fingerprint density at radius 3 is 2.59 bits per heavy atom. The molecule has 8 heteroatoms. The number of ether oxygens (including phenoxy) is 1. The van der Waals surface area contributed by atoms with Crippen LogP contribution < -0.4 is 5.32 Å². The summed E-state index contributed by atoms with van der Waals surface area (Å²) in [6.07, 6.45) is -5.94. The first-order valence-electron chi connectivity index (χ1n) is 6.49. The van der Waals surface area contributed by atoms with Crippen LogP contribution >= 0.6 is 0 Å². The van der Waals surface area contributed by atoms with Gasteiger partial charge in [0, 0.05) is 13.5 Å². The Morgan fingerprint density at radius 2 is 2.05 bits per heavy atom. The number of hydrogen-bond donors (Lipinski definition) is 2. The minimum atomic E-state index is -4.93. The third kappa shape index (κ3) is 2.68. The van der Waals surface area contributed by atoms with Crippen molar-refractivity contribution in [3.63, 3.8) is 0 Å². The lowest BCUT2D eigenvalue weighted by Crippen LogP contribution is -2.57. The average molecular weight is 321 g/mol. The standard InChI is InChI=1S/C14H15F4NO3/c1-13(22-2,14(16,17)18)12(21)19-11-9-6-8(15)4-3-7(9)5-10(11)20/h3-4,6,10-11,20H,5H2,1-2H3,(H,19,21)/t10-,11+,13-/m0/s1. The van der Waals surface area contributed by atoms with Gasteiger partial charge in [0.15, 0.2) is 0 Å². The lowest BCUT2D eigenvalue weighted by molar-refractivity contribution is -0.254. The summed E-state index contributed by atoms with van der Waals surface area (Å²) in [5.74, 6) is -2.04. The Kier molecular flexibility index (Phi) is 4.18. The molecule has 0 unspecified atom stereocenters. The second-order valence-electron chi connectivity index (χ2n) is 5.30. The Bertz CT molecular complexity index is 590. The van der Waals surface area contributed by atoms with E-state index in [1.807, 2.05) is 0 Å². The van der Waals surface area contributed by atoms with Crippen LogP contribution in [0.4, 0.5) is 17.6 Å². The number of aliphatic hydroxyl groups excluding tert-OH is 1. The van der Waals surface area contributed by atoms with E-state index in [0.717, 1.165) is 13.2 Å². The van der Waals surface area contributed by atoms with Crippen molar-refractivity contribution in [3.8, 4) is 0 Å². The highest BCUT2D eigenvalue weighted by Crippen LogP contribution is 2.36. The number of amides is 1. The van der Waals surface area contributed by atoms with Gasteiger partial charge in [-0.3, -0.25) is 4.79 Å². The summed E-state index contributed by atoms with van der Waals surface area (Å²) in [5.41, 5.74) is -2.21. The van der Waals surface area contributed by atoms with E-state index in [-0.39, 0.29) is 12.0 Å². The molecule has 1 aliphatic rings. The van der Waals surface area contributed by atoms with Gasteiger partial charge in [-0.2, -0.15) is 13.2 Å². The number of rotatable bonds is 3. The minimum absolute atomic E-state index is 0.121. The highest BCUT2D eigenvalue weighted by molar-refractivity contribution is 5.86. The number of carbonyl (C=O) groups is 1. The third-order valence-corrected chi connectivity index (χ3v) is 3.93. The van der Waals surface area contributed by atoms with Gasteiger partial charge in [-0.25, -0.2) is 4.39 Å². The van der Waals surface area contributed by atoms with Gasteiger partial charge in [-0.1, -0.05) is 6.07 Å². The molecule has 1 aliphatic carbocycles. The molecule has 2 N–H and O–H groups in total. The van der Waals surface area contributed by atoms with Crippen molar-refractivity contribution in [2.45, 2.75) is 37.3 Å². The van der Waals surface area contributed by atoms with Gasteiger partial charge in [0.05, 0.1) is 12.1 Å². The molecule has 3 atom stereocenters. The predicted octanol–water partition coefficient (Wildman–Crippen LogP) is 1.87. The maximum absolute atomic E-state index is 13.3. The summed E-state index contributed by atoms with van der Waals surface area (Å²) < 4.78 is 56.6. The molecule has 0 fully saturated rings. The number of nitrogens with one attached hydrogen (secondary N) is 1. The van der Waals surface area contributed by atoms with Gasteiger partial charge < -0.3 is 15.2 Å². The molecule has 4 nitrogen and oxygen atoms in total. The highest BCUT2D eigenvalue weighted by atomic mass is 19.4. The summed E-state index contributed by atoms with van der Waals surface area (Å²) in [4.78, 5) is 12.0. The molecule has 2 rings (SSSR count). The number of alkyl halides is 3. The number of carbonyl (C=O) groups excluding carboxylic acids is 1. The number of fused-ring (bicyclic) bond motifs is 1. The lowest BCUT2D eigenvalue weighted by Gasteiger charge is -2.31. The quantitative estimate of drug-likeness (QED) is 0.836. The van der Waals surface area contributed by atoms with Gasteiger partial charge in [0.2, 0.25) is 5.60 Å². The molecule has 0 heterocycles. The molecule has 122 valence electrons. The number of aliphatic hydroxyl groups is 1. The number of methoxy groups -OCH3 is 1. The summed E-state index contributed by atoms with van der Waals surface area (Å²) in [7, 11) is 0.770. The third-order valence-electron chi connectivity index (χ3n) is 3.93. The molecule has 0 saturated carbocycles. The van der Waals surface area contributed by atoms with Crippen LogP contribution in [-0.4, -0.2) is 36.0 Å². The Hall–Kier alpha value is -1.67. The highest BCUT2D eigenvalue weighted by Gasteiger charge is 2.58. The van der Waals surface area contributed by atoms with Gasteiger partial charge >= 0.3 is 6.18 Å². The van der Waals surface area contributed by atoms with E-state index < -0.39 is 35.6 Å². The van der Waals surface area contributed by atoms with E-state index in [0.29, 0.717) is 12.5 Å². The zero-order chi connectivity index (χ0) is 16.7. The SMILES string of the molecule is CO[C@@](C)(C(=O)N[C@@H]1c2cc(F)ccc2C[C@@H]1O)C(F)(F)F. The van der Waals surface area contributed by atoms with Crippen molar-refractivity contribution in [1.82, 2.24) is 5.32 Å². The molecule has 0 aromatic heterocycles. The molecule has 0 spiro atoms. The molecule has 0 saturated heterocycles. The lowest BCUT2D eigenvalue weighted by atomic mass is 10.0. The predicted molar refractivity (Wildman–Crippen MR) is 68.5 cm³/mol. The van der Waals surface area contributed by atoms with E-state index in [4.69, 9.17) is 0 Å². The first-order chi connectivity index (χ1) is 10.1. The minimum Gasteiger partial charge on any atom is -0.390 e. The zero-order valence-electron chi connectivity index (χ0n) is 11.9. The van der Waals surface area contributed by atoms with Crippen LogP contribution in [-0.2, 0) is 16.0 Å². The fraction of sp³-hybridized carbons (Fsp3) is 0.500. The fourth-order valence-electron chi connectivity index (χ4n) is 2.38. The van der Waals surface area contributed by atoms with Crippen molar-refractivity contribution in [3.05, 3.63) is 35.1 Å².